The first kappa shape index (κ1) is 12.7. The lowest BCUT2D eigenvalue weighted by Gasteiger charge is -2.14. The minimum Gasteiger partial charge on any atom is -0.493 e. The molecule has 2 atom stereocenters. The van der Waals surface area contributed by atoms with Crippen molar-refractivity contribution in [1.29, 1.82) is 0 Å². The summed E-state index contributed by atoms with van der Waals surface area (Å²) in [4.78, 5) is 0. The van der Waals surface area contributed by atoms with Crippen molar-refractivity contribution in [2.75, 3.05) is 19.8 Å². The molecule has 1 aromatic carbocycles. The monoisotopic (exact) mass is 256 g/mol. The third kappa shape index (κ3) is 4.54. The summed E-state index contributed by atoms with van der Waals surface area (Å²) in [6.45, 7) is 1.56. The Morgan fingerprint density at radius 1 is 1.41 bits per heavy atom. The van der Waals surface area contributed by atoms with E-state index in [0.29, 0.717) is 17.7 Å². The first-order chi connectivity index (χ1) is 8.28. The lowest BCUT2D eigenvalue weighted by molar-refractivity contribution is 0.152. The molecule has 0 saturated carbocycles. The van der Waals surface area contributed by atoms with Crippen LogP contribution in [0.4, 0.5) is 0 Å². The highest BCUT2D eigenvalue weighted by Gasteiger charge is 2.23. The van der Waals surface area contributed by atoms with Gasteiger partial charge >= 0.3 is 0 Å². The largest absolute Gasteiger partial charge is 0.493 e. The van der Waals surface area contributed by atoms with Crippen LogP contribution in [0.2, 0.25) is 5.02 Å². The molecule has 2 rings (SSSR count). The predicted molar refractivity (Wildman–Crippen MR) is 66.5 cm³/mol. The molecular formula is C13H17ClO3. The van der Waals surface area contributed by atoms with Gasteiger partial charge in [0.25, 0.3) is 0 Å². The van der Waals surface area contributed by atoms with Crippen LogP contribution in [-0.2, 0) is 4.74 Å². The highest BCUT2D eigenvalue weighted by atomic mass is 35.5. The average molecular weight is 257 g/mol. The van der Waals surface area contributed by atoms with E-state index >= 15 is 0 Å². The number of hydrogen-bond donors (Lipinski definition) is 1. The Bertz CT molecular complexity index is 335. The molecule has 0 spiro atoms. The number of aliphatic hydroxyl groups excluding tert-OH is 1. The van der Waals surface area contributed by atoms with Gasteiger partial charge in [-0.2, -0.15) is 0 Å². The zero-order valence-corrected chi connectivity index (χ0v) is 10.4. The molecule has 94 valence electrons. The Labute approximate surface area is 106 Å². The maximum atomic E-state index is 9.24. The van der Waals surface area contributed by atoms with Crippen molar-refractivity contribution < 1.29 is 14.6 Å². The molecule has 1 saturated heterocycles. The number of benzene rings is 1. The fourth-order valence-corrected chi connectivity index (χ4v) is 1.75. The second kappa shape index (κ2) is 6.24. The summed E-state index contributed by atoms with van der Waals surface area (Å²) in [5.41, 5.74) is 0. The standard InChI is InChI=1S/C13H17ClO3/c14-11-2-5-12(6-3-11)16-8-10(7-15)1-4-13-9-17-13/h2-3,5-6,10,13,15H,1,4,7-9H2/t10-,13-/m0/s1. The van der Waals surface area contributed by atoms with Crippen molar-refractivity contribution in [3.8, 4) is 5.75 Å². The van der Waals surface area contributed by atoms with Gasteiger partial charge in [0.1, 0.15) is 5.75 Å². The van der Waals surface area contributed by atoms with Crippen LogP contribution in [0.3, 0.4) is 0 Å². The van der Waals surface area contributed by atoms with Crippen molar-refractivity contribution in [3.63, 3.8) is 0 Å². The molecule has 1 aromatic rings. The Balaban J connectivity index is 1.72. The number of hydrogen-bond acceptors (Lipinski definition) is 3. The second-order valence-corrected chi connectivity index (χ2v) is 4.78. The fraction of sp³-hybridized carbons (Fsp3) is 0.538. The first-order valence-electron chi connectivity index (χ1n) is 5.88. The van der Waals surface area contributed by atoms with Gasteiger partial charge in [-0.1, -0.05) is 11.6 Å². The van der Waals surface area contributed by atoms with E-state index in [1.54, 1.807) is 12.1 Å². The number of halogens is 1. The topological polar surface area (TPSA) is 42.0 Å². The molecule has 3 nitrogen and oxygen atoms in total. The van der Waals surface area contributed by atoms with Gasteiger partial charge in [-0.15, -0.1) is 0 Å². The van der Waals surface area contributed by atoms with E-state index in [1.165, 1.54) is 0 Å². The zero-order valence-electron chi connectivity index (χ0n) is 9.64. The van der Waals surface area contributed by atoms with Gasteiger partial charge in [-0.25, -0.2) is 0 Å². The smallest absolute Gasteiger partial charge is 0.119 e. The van der Waals surface area contributed by atoms with Crippen molar-refractivity contribution >= 4 is 11.6 Å². The lowest BCUT2D eigenvalue weighted by Crippen LogP contribution is -2.16. The maximum Gasteiger partial charge on any atom is 0.119 e. The Hall–Kier alpha value is -0.770. The van der Waals surface area contributed by atoms with Gasteiger partial charge in [-0.3, -0.25) is 0 Å². The molecule has 0 bridgehead atoms. The maximum absolute atomic E-state index is 9.24. The summed E-state index contributed by atoms with van der Waals surface area (Å²) in [6, 6.07) is 7.26. The van der Waals surface area contributed by atoms with Gasteiger partial charge in [0.2, 0.25) is 0 Å². The van der Waals surface area contributed by atoms with Crippen molar-refractivity contribution in [1.82, 2.24) is 0 Å². The van der Waals surface area contributed by atoms with E-state index in [4.69, 9.17) is 21.1 Å². The molecule has 1 fully saturated rings. The summed E-state index contributed by atoms with van der Waals surface area (Å²) < 4.78 is 10.7. The number of aliphatic hydroxyl groups is 1. The fourth-order valence-electron chi connectivity index (χ4n) is 1.63. The van der Waals surface area contributed by atoms with Crippen LogP contribution in [0.5, 0.6) is 5.75 Å². The number of ether oxygens (including phenoxy) is 2. The van der Waals surface area contributed by atoms with E-state index in [9.17, 15) is 5.11 Å². The SMILES string of the molecule is OC[C@H](CC[C@H]1CO1)COc1ccc(Cl)cc1. The first-order valence-corrected chi connectivity index (χ1v) is 6.26. The molecule has 1 heterocycles. The number of rotatable bonds is 7. The summed E-state index contributed by atoms with van der Waals surface area (Å²) in [5, 5.41) is 9.94. The Kier molecular flexibility index (Phi) is 4.66. The van der Waals surface area contributed by atoms with Crippen LogP contribution in [0.1, 0.15) is 12.8 Å². The van der Waals surface area contributed by atoms with E-state index < -0.39 is 0 Å². The van der Waals surface area contributed by atoms with Crippen LogP contribution in [0, 0.1) is 5.92 Å². The average Bonchev–Trinajstić information content (AvgIpc) is 3.15. The number of epoxide rings is 1. The summed E-state index contributed by atoms with van der Waals surface area (Å²) in [5.74, 6) is 0.963. The highest BCUT2D eigenvalue weighted by Crippen LogP contribution is 2.20. The molecule has 0 amide bonds. The van der Waals surface area contributed by atoms with E-state index in [1.807, 2.05) is 12.1 Å². The molecule has 1 aliphatic rings. The lowest BCUT2D eigenvalue weighted by atomic mass is 10.0. The zero-order chi connectivity index (χ0) is 12.1. The van der Waals surface area contributed by atoms with E-state index in [0.717, 1.165) is 25.2 Å². The van der Waals surface area contributed by atoms with Gasteiger partial charge in [0, 0.05) is 17.5 Å². The van der Waals surface area contributed by atoms with E-state index in [-0.39, 0.29) is 12.5 Å². The molecule has 4 heteroatoms. The van der Waals surface area contributed by atoms with Crippen LogP contribution in [0.15, 0.2) is 24.3 Å². The Morgan fingerprint density at radius 2 is 2.12 bits per heavy atom. The van der Waals surface area contributed by atoms with Crippen LogP contribution in [-0.4, -0.2) is 31.0 Å². The van der Waals surface area contributed by atoms with Crippen molar-refractivity contribution in [2.24, 2.45) is 5.92 Å². The normalized spacial score (nSPS) is 20.0. The third-order valence-corrected chi connectivity index (χ3v) is 3.11. The molecular weight excluding hydrogens is 240 g/mol. The van der Waals surface area contributed by atoms with E-state index in [2.05, 4.69) is 0 Å². The molecule has 1 N–H and O–H groups in total. The Morgan fingerprint density at radius 3 is 2.71 bits per heavy atom. The molecule has 0 aliphatic carbocycles. The summed E-state index contributed by atoms with van der Waals surface area (Å²) in [7, 11) is 0. The van der Waals surface area contributed by atoms with Crippen LogP contribution >= 0.6 is 11.6 Å². The molecule has 17 heavy (non-hydrogen) atoms. The van der Waals surface area contributed by atoms with Gasteiger partial charge in [0.05, 0.1) is 19.3 Å². The minimum atomic E-state index is 0.153. The van der Waals surface area contributed by atoms with Gasteiger partial charge in [0.15, 0.2) is 0 Å². The molecule has 0 unspecified atom stereocenters. The third-order valence-electron chi connectivity index (χ3n) is 2.86. The molecule has 0 aromatic heterocycles. The predicted octanol–water partition coefficient (Wildman–Crippen LogP) is 2.51. The summed E-state index contributed by atoms with van der Waals surface area (Å²) >= 11 is 5.78. The van der Waals surface area contributed by atoms with Crippen molar-refractivity contribution in [2.45, 2.75) is 18.9 Å². The van der Waals surface area contributed by atoms with Crippen LogP contribution in [0.25, 0.3) is 0 Å². The minimum absolute atomic E-state index is 0.153. The van der Waals surface area contributed by atoms with Crippen molar-refractivity contribution in [3.05, 3.63) is 29.3 Å². The molecule has 1 aliphatic heterocycles. The summed E-state index contributed by atoms with van der Waals surface area (Å²) in [6.07, 6.45) is 2.36. The van der Waals surface area contributed by atoms with Gasteiger partial charge < -0.3 is 14.6 Å². The second-order valence-electron chi connectivity index (χ2n) is 4.35. The quantitative estimate of drug-likeness (QED) is 0.763. The molecule has 0 radical (unpaired) electrons. The highest BCUT2D eigenvalue weighted by molar-refractivity contribution is 6.30. The van der Waals surface area contributed by atoms with Gasteiger partial charge in [-0.05, 0) is 37.1 Å². The van der Waals surface area contributed by atoms with Crippen LogP contribution < -0.4 is 4.74 Å².